The summed E-state index contributed by atoms with van der Waals surface area (Å²) < 4.78 is 5.35. The van der Waals surface area contributed by atoms with Gasteiger partial charge in [-0.05, 0) is 24.1 Å². The summed E-state index contributed by atoms with van der Waals surface area (Å²) in [5.74, 6) is -0.580. The number of furan rings is 1. The zero-order valence-electron chi connectivity index (χ0n) is 8.65. The third kappa shape index (κ3) is 1.61. The lowest BCUT2D eigenvalue weighted by Crippen LogP contribution is -1.95. The topological polar surface area (TPSA) is 50.4 Å². The maximum atomic E-state index is 10.8. The first-order valence-corrected chi connectivity index (χ1v) is 4.84. The van der Waals surface area contributed by atoms with E-state index in [1.807, 2.05) is 0 Å². The van der Waals surface area contributed by atoms with Crippen LogP contribution in [0.5, 0.6) is 0 Å². The van der Waals surface area contributed by atoms with Gasteiger partial charge in [0.1, 0.15) is 5.58 Å². The van der Waals surface area contributed by atoms with Gasteiger partial charge in [-0.15, -0.1) is 0 Å². The second-order valence-corrected chi connectivity index (χ2v) is 3.86. The quantitative estimate of drug-likeness (QED) is 0.816. The highest BCUT2D eigenvalue weighted by molar-refractivity contribution is 5.94. The van der Waals surface area contributed by atoms with Crippen LogP contribution in [-0.2, 0) is 0 Å². The molecule has 3 nitrogen and oxygen atoms in total. The number of fused-ring (bicyclic) bond motifs is 1. The molecule has 0 aliphatic carbocycles. The number of carboxylic acids is 1. The fourth-order valence-electron chi connectivity index (χ4n) is 1.63. The standard InChI is InChI=1S/C12H12O3/c1-7(2)10-6-15-11-4-3-8(12(13)14)5-9(10)11/h3-7H,1-2H3,(H,13,14). The molecule has 2 aromatic rings. The molecule has 1 aromatic heterocycles. The summed E-state index contributed by atoms with van der Waals surface area (Å²) in [6.07, 6.45) is 1.70. The molecular weight excluding hydrogens is 192 g/mol. The Hall–Kier alpha value is -1.77. The fourth-order valence-corrected chi connectivity index (χ4v) is 1.63. The van der Waals surface area contributed by atoms with Gasteiger partial charge in [0.05, 0.1) is 11.8 Å². The minimum Gasteiger partial charge on any atom is -0.478 e. The number of hydrogen-bond donors (Lipinski definition) is 1. The van der Waals surface area contributed by atoms with E-state index >= 15 is 0 Å². The van der Waals surface area contributed by atoms with Crippen LogP contribution in [0, 0.1) is 0 Å². The predicted molar refractivity (Wildman–Crippen MR) is 57.3 cm³/mol. The second kappa shape index (κ2) is 3.42. The molecule has 0 fully saturated rings. The van der Waals surface area contributed by atoms with Crippen molar-refractivity contribution in [3.8, 4) is 0 Å². The summed E-state index contributed by atoms with van der Waals surface area (Å²) in [6, 6.07) is 4.92. The van der Waals surface area contributed by atoms with Crippen molar-refractivity contribution in [2.45, 2.75) is 19.8 Å². The molecule has 0 bridgehead atoms. The predicted octanol–water partition coefficient (Wildman–Crippen LogP) is 3.25. The molecule has 0 aliphatic rings. The van der Waals surface area contributed by atoms with Crippen molar-refractivity contribution < 1.29 is 14.3 Å². The largest absolute Gasteiger partial charge is 0.478 e. The van der Waals surface area contributed by atoms with Gasteiger partial charge >= 0.3 is 5.97 Å². The Bertz CT molecular complexity index is 509. The summed E-state index contributed by atoms with van der Waals surface area (Å²) in [4.78, 5) is 10.8. The van der Waals surface area contributed by atoms with Crippen LogP contribution in [0.25, 0.3) is 11.0 Å². The Morgan fingerprint density at radius 2 is 2.13 bits per heavy atom. The molecule has 1 N–H and O–H groups in total. The summed E-state index contributed by atoms with van der Waals surface area (Å²) in [7, 11) is 0. The van der Waals surface area contributed by atoms with Crippen LogP contribution in [0.3, 0.4) is 0 Å². The lowest BCUT2D eigenvalue weighted by molar-refractivity contribution is 0.0697. The van der Waals surface area contributed by atoms with Gasteiger partial charge in [0.2, 0.25) is 0 Å². The Morgan fingerprint density at radius 3 is 2.73 bits per heavy atom. The van der Waals surface area contributed by atoms with Crippen molar-refractivity contribution in [1.29, 1.82) is 0 Å². The van der Waals surface area contributed by atoms with Gasteiger partial charge in [-0.1, -0.05) is 13.8 Å². The van der Waals surface area contributed by atoms with Crippen LogP contribution in [0.1, 0.15) is 35.7 Å². The lowest BCUT2D eigenvalue weighted by atomic mass is 10.0. The van der Waals surface area contributed by atoms with E-state index in [9.17, 15) is 4.79 Å². The molecule has 1 aromatic carbocycles. The summed E-state index contributed by atoms with van der Waals surface area (Å²) >= 11 is 0. The number of aromatic carboxylic acids is 1. The van der Waals surface area contributed by atoms with Crippen molar-refractivity contribution in [3.63, 3.8) is 0 Å². The Kier molecular flexibility index (Phi) is 2.23. The maximum Gasteiger partial charge on any atom is 0.335 e. The molecule has 0 aliphatic heterocycles. The summed E-state index contributed by atoms with van der Waals surface area (Å²) in [6.45, 7) is 4.11. The van der Waals surface area contributed by atoms with E-state index in [1.165, 1.54) is 0 Å². The summed E-state index contributed by atoms with van der Waals surface area (Å²) in [5, 5.41) is 9.77. The normalized spacial score (nSPS) is 11.1. The molecule has 0 radical (unpaired) electrons. The third-order valence-electron chi connectivity index (χ3n) is 2.47. The van der Waals surface area contributed by atoms with Crippen molar-refractivity contribution in [1.82, 2.24) is 0 Å². The van der Waals surface area contributed by atoms with E-state index in [4.69, 9.17) is 9.52 Å². The Labute approximate surface area is 87.3 Å². The van der Waals surface area contributed by atoms with Gasteiger partial charge < -0.3 is 9.52 Å². The zero-order valence-corrected chi connectivity index (χ0v) is 8.65. The molecule has 0 saturated heterocycles. The molecule has 15 heavy (non-hydrogen) atoms. The Balaban J connectivity index is 2.66. The highest BCUT2D eigenvalue weighted by Gasteiger charge is 2.11. The molecule has 0 unspecified atom stereocenters. The monoisotopic (exact) mass is 204 g/mol. The first-order chi connectivity index (χ1) is 7.09. The molecular formula is C12H12O3. The van der Waals surface area contributed by atoms with Gasteiger partial charge in [-0.3, -0.25) is 0 Å². The van der Waals surface area contributed by atoms with Gasteiger partial charge in [0.25, 0.3) is 0 Å². The maximum absolute atomic E-state index is 10.8. The average molecular weight is 204 g/mol. The number of benzene rings is 1. The van der Waals surface area contributed by atoms with Crippen LogP contribution in [0.4, 0.5) is 0 Å². The van der Waals surface area contributed by atoms with Crippen LogP contribution in [0.15, 0.2) is 28.9 Å². The van der Waals surface area contributed by atoms with Crippen molar-refractivity contribution in [2.24, 2.45) is 0 Å². The molecule has 0 spiro atoms. The van der Waals surface area contributed by atoms with Crippen molar-refractivity contribution in [3.05, 3.63) is 35.6 Å². The van der Waals surface area contributed by atoms with Gasteiger partial charge in [0, 0.05) is 10.9 Å². The smallest absolute Gasteiger partial charge is 0.335 e. The van der Waals surface area contributed by atoms with E-state index in [1.54, 1.807) is 24.5 Å². The van der Waals surface area contributed by atoms with E-state index in [-0.39, 0.29) is 0 Å². The van der Waals surface area contributed by atoms with Crippen LogP contribution in [0.2, 0.25) is 0 Å². The molecule has 2 rings (SSSR count). The zero-order chi connectivity index (χ0) is 11.0. The van der Waals surface area contributed by atoms with Crippen molar-refractivity contribution in [2.75, 3.05) is 0 Å². The molecule has 0 saturated carbocycles. The highest BCUT2D eigenvalue weighted by atomic mass is 16.4. The second-order valence-electron chi connectivity index (χ2n) is 3.86. The Morgan fingerprint density at radius 1 is 1.40 bits per heavy atom. The first-order valence-electron chi connectivity index (χ1n) is 4.84. The average Bonchev–Trinajstić information content (AvgIpc) is 2.59. The van der Waals surface area contributed by atoms with E-state index in [0.29, 0.717) is 11.5 Å². The lowest BCUT2D eigenvalue weighted by Gasteiger charge is -2.01. The number of hydrogen-bond acceptors (Lipinski definition) is 2. The summed E-state index contributed by atoms with van der Waals surface area (Å²) in [5.41, 5.74) is 2.09. The SMILES string of the molecule is CC(C)c1coc2ccc(C(=O)O)cc12. The van der Waals surface area contributed by atoms with Crippen LogP contribution >= 0.6 is 0 Å². The van der Waals surface area contributed by atoms with Crippen molar-refractivity contribution >= 4 is 16.9 Å². The third-order valence-corrected chi connectivity index (χ3v) is 2.47. The number of carboxylic acid groups (broad SMARTS) is 1. The van der Waals surface area contributed by atoms with Gasteiger partial charge in [-0.25, -0.2) is 4.79 Å². The highest BCUT2D eigenvalue weighted by Crippen LogP contribution is 2.28. The molecule has 78 valence electrons. The van der Waals surface area contributed by atoms with Gasteiger partial charge in [0.15, 0.2) is 0 Å². The molecule has 3 heteroatoms. The van der Waals surface area contributed by atoms with Gasteiger partial charge in [-0.2, -0.15) is 0 Å². The minimum atomic E-state index is -0.909. The van der Waals surface area contributed by atoms with Crippen LogP contribution in [-0.4, -0.2) is 11.1 Å². The molecule has 0 atom stereocenters. The van der Waals surface area contributed by atoms with E-state index in [0.717, 1.165) is 16.5 Å². The number of rotatable bonds is 2. The first kappa shape index (κ1) is 9.77. The minimum absolute atomic E-state index is 0.297. The molecule has 0 amide bonds. The number of carbonyl (C=O) groups is 1. The van der Waals surface area contributed by atoms with E-state index < -0.39 is 5.97 Å². The van der Waals surface area contributed by atoms with Crippen LogP contribution < -0.4 is 0 Å². The molecule has 1 heterocycles. The van der Waals surface area contributed by atoms with E-state index in [2.05, 4.69) is 13.8 Å². The fraction of sp³-hybridized carbons (Fsp3) is 0.250.